The molecule has 29 heavy (non-hydrogen) atoms. The lowest BCUT2D eigenvalue weighted by atomic mass is 10.1. The van der Waals surface area contributed by atoms with Gasteiger partial charge in [0.2, 0.25) is 0 Å². The van der Waals surface area contributed by atoms with Gasteiger partial charge in [-0.15, -0.1) is 6.42 Å². The first kappa shape index (κ1) is 21.9. The number of hydrogen-bond donors (Lipinski definition) is 1. The third kappa shape index (κ3) is 5.55. The molecule has 1 aliphatic heterocycles. The van der Waals surface area contributed by atoms with Gasteiger partial charge < -0.3 is 15.1 Å². The molecule has 0 atom stereocenters. The quantitative estimate of drug-likeness (QED) is 0.345. The fourth-order valence-corrected chi connectivity index (χ4v) is 2.83. The van der Waals surface area contributed by atoms with Gasteiger partial charge in [-0.2, -0.15) is 8.78 Å². The largest absolute Gasteiger partial charge is 0.353 e. The highest BCUT2D eigenvalue weighted by Crippen LogP contribution is 2.29. The molecular formula is C22H24F2N4O. The van der Waals surface area contributed by atoms with Crippen LogP contribution in [0.25, 0.3) is 0 Å². The number of terminal acetylenes is 1. The molecule has 1 aliphatic rings. The molecule has 1 fully saturated rings. The predicted octanol–water partition coefficient (Wildman–Crippen LogP) is 3.60. The van der Waals surface area contributed by atoms with E-state index in [2.05, 4.69) is 29.4 Å². The smallest absolute Gasteiger partial charge is 0.298 e. The topological polar surface area (TPSA) is 47.9 Å². The summed E-state index contributed by atoms with van der Waals surface area (Å²) < 4.78 is 27.3. The van der Waals surface area contributed by atoms with Gasteiger partial charge in [0.15, 0.2) is 5.84 Å². The first-order chi connectivity index (χ1) is 13.8. The number of amides is 1. The molecule has 1 aromatic carbocycles. The fraction of sp³-hybridized carbons (Fsp3) is 0.273. The lowest BCUT2D eigenvalue weighted by Gasteiger charge is -2.36. The standard InChI is InChI=1S/C22H24F2N4O/c1-5-12-25-21(28-15-13-27(14-16-28)20(29)6-2)17(4)26-19-10-8-18(9-11-19)22(23,24)7-3/h2,5,7-12,26H,3-4,13-16H2,1H3/b12-5-,25-21?. The van der Waals surface area contributed by atoms with E-state index in [0.717, 1.165) is 0 Å². The number of hydrogen-bond acceptors (Lipinski definition) is 3. The molecule has 1 aromatic rings. The minimum absolute atomic E-state index is 0.138. The maximum absolute atomic E-state index is 13.7. The maximum atomic E-state index is 13.7. The summed E-state index contributed by atoms with van der Waals surface area (Å²) in [5, 5.41) is 3.11. The van der Waals surface area contributed by atoms with Crippen LogP contribution in [0.15, 0.2) is 66.5 Å². The number of nitrogens with one attached hydrogen (secondary N) is 1. The molecule has 152 valence electrons. The number of amidine groups is 1. The van der Waals surface area contributed by atoms with Crippen LogP contribution in [0, 0.1) is 12.3 Å². The molecule has 0 radical (unpaired) electrons. The molecule has 1 amide bonds. The highest BCUT2D eigenvalue weighted by molar-refractivity contribution is 6.01. The molecule has 7 heteroatoms. The van der Waals surface area contributed by atoms with Gasteiger partial charge in [0, 0.05) is 43.6 Å². The minimum Gasteiger partial charge on any atom is -0.353 e. The second kappa shape index (κ2) is 9.69. The number of halogens is 2. The monoisotopic (exact) mass is 398 g/mol. The number of piperazine rings is 1. The Hall–Kier alpha value is -3.40. The van der Waals surface area contributed by atoms with Crippen LogP contribution in [0.4, 0.5) is 14.5 Å². The van der Waals surface area contributed by atoms with Gasteiger partial charge in [-0.05, 0) is 31.1 Å². The second-order valence-electron chi connectivity index (χ2n) is 6.37. The average Bonchev–Trinajstić information content (AvgIpc) is 2.74. The van der Waals surface area contributed by atoms with Crippen LogP contribution in [-0.2, 0) is 10.7 Å². The summed E-state index contributed by atoms with van der Waals surface area (Å²) in [4.78, 5) is 19.7. The molecule has 1 N–H and O–H groups in total. The molecule has 1 heterocycles. The summed E-state index contributed by atoms with van der Waals surface area (Å²) in [6, 6.07) is 5.78. The first-order valence-electron chi connectivity index (χ1n) is 9.10. The van der Waals surface area contributed by atoms with E-state index in [1.54, 1.807) is 29.3 Å². The van der Waals surface area contributed by atoms with Gasteiger partial charge >= 0.3 is 0 Å². The van der Waals surface area contributed by atoms with Crippen molar-refractivity contribution in [1.82, 2.24) is 9.80 Å². The van der Waals surface area contributed by atoms with E-state index in [9.17, 15) is 13.6 Å². The van der Waals surface area contributed by atoms with E-state index in [1.807, 2.05) is 11.8 Å². The Kier molecular flexibility index (Phi) is 7.32. The van der Waals surface area contributed by atoms with E-state index >= 15 is 0 Å². The Morgan fingerprint density at radius 1 is 1.24 bits per heavy atom. The third-order valence-corrected chi connectivity index (χ3v) is 4.43. The number of carbonyl (C=O) groups is 1. The number of alkyl halides is 2. The van der Waals surface area contributed by atoms with Crippen LogP contribution < -0.4 is 5.32 Å². The van der Waals surface area contributed by atoms with Gasteiger partial charge in [0.05, 0.1) is 5.70 Å². The number of allylic oxidation sites excluding steroid dienone is 2. The summed E-state index contributed by atoms with van der Waals surface area (Å²) >= 11 is 0. The molecular weight excluding hydrogens is 374 g/mol. The van der Waals surface area contributed by atoms with Gasteiger partial charge in [0.1, 0.15) is 0 Å². The molecule has 0 saturated carbocycles. The van der Waals surface area contributed by atoms with Crippen molar-refractivity contribution < 1.29 is 13.6 Å². The van der Waals surface area contributed by atoms with Crippen molar-refractivity contribution in [3.63, 3.8) is 0 Å². The second-order valence-corrected chi connectivity index (χ2v) is 6.37. The zero-order valence-electron chi connectivity index (χ0n) is 16.4. The Bertz CT molecular complexity index is 858. The van der Waals surface area contributed by atoms with Crippen molar-refractivity contribution in [3.05, 3.63) is 67.0 Å². The maximum Gasteiger partial charge on any atom is 0.298 e. The van der Waals surface area contributed by atoms with Crippen LogP contribution in [-0.4, -0.2) is 47.7 Å². The van der Waals surface area contributed by atoms with Crippen molar-refractivity contribution in [2.24, 2.45) is 4.99 Å². The van der Waals surface area contributed by atoms with Crippen molar-refractivity contribution in [2.45, 2.75) is 12.8 Å². The van der Waals surface area contributed by atoms with Crippen molar-refractivity contribution in [1.29, 1.82) is 0 Å². The van der Waals surface area contributed by atoms with Gasteiger partial charge in [-0.3, -0.25) is 4.79 Å². The van der Waals surface area contributed by atoms with E-state index in [-0.39, 0.29) is 11.5 Å². The Labute approximate surface area is 170 Å². The molecule has 5 nitrogen and oxygen atoms in total. The highest BCUT2D eigenvalue weighted by Gasteiger charge is 2.27. The average molecular weight is 398 g/mol. The molecule has 0 bridgehead atoms. The number of benzene rings is 1. The summed E-state index contributed by atoms with van der Waals surface area (Å²) in [6.07, 6.45) is 9.23. The Morgan fingerprint density at radius 3 is 2.34 bits per heavy atom. The van der Waals surface area contributed by atoms with Crippen LogP contribution in [0.2, 0.25) is 0 Å². The number of rotatable bonds is 6. The summed E-state index contributed by atoms with van der Waals surface area (Å²) in [5.74, 6) is -0.675. The number of carbonyl (C=O) groups excluding carboxylic acids is 1. The Balaban J connectivity index is 2.11. The SMILES string of the molecule is C#CC(=O)N1CCN(C(=N/C=C\C)C(=C)Nc2ccc(C(F)(F)C=C)cc2)CC1. The third-order valence-electron chi connectivity index (χ3n) is 4.43. The van der Waals surface area contributed by atoms with Crippen LogP contribution >= 0.6 is 0 Å². The summed E-state index contributed by atoms with van der Waals surface area (Å²) in [7, 11) is 0. The normalized spacial score (nSPS) is 15.2. The zero-order valence-corrected chi connectivity index (χ0v) is 16.4. The molecule has 2 rings (SSSR count). The van der Waals surface area contributed by atoms with Crippen molar-refractivity contribution in [3.8, 4) is 12.3 Å². The number of aliphatic imine (C=N–C) groups is 1. The lowest BCUT2D eigenvalue weighted by Crippen LogP contribution is -2.51. The summed E-state index contributed by atoms with van der Waals surface area (Å²) in [5.41, 5.74) is 0.983. The fourth-order valence-electron chi connectivity index (χ4n) is 2.83. The Morgan fingerprint density at radius 2 is 1.83 bits per heavy atom. The highest BCUT2D eigenvalue weighted by atomic mass is 19.3. The van der Waals surface area contributed by atoms with Crippen LogP contribution in [0.5, 0.6) is 0 Å². The van der Waals surface area contributed by atoms with Crippen molar-refractivity contribution in [2.75, 3.05) is 31.5 Å². The number of nitrogens with zero attached hydrogens (tertiary/aromatic N) is 3. The van der Waals surface area contributed by atoms with E-state index in [0.29, 0.717) is 49.5 Å². The van der Waals surface area contributed by atoms with Gasteiger partial charge in [-0.25, -0.2) is 4.99 Å². The predicted molar refractivity (Wildman–Crippen MR) is 113 cm³/mol. The van der Waals surface area contributed by atoms with E-state index in [1.165, 1.54) is 12.1 Å². The molecule has 0 aromatic heterocycles. The van der Waals surface area contributed by atoms with E-state index in [4.69, 9.17) is 6.42 Å². The van der Waals surface area contributed by atoms with Crippen LogP contribution in [0.1, 0.15) is 12.5 Å². The molecule has 0 spiro atoms. The lowest BCUT2D eigenvalue weighted by molar-refractivity contribution is -0.126. The van der Waals surface area contributed by atoms with Crippen molar-refractivity contribution >= 4 is 17.4 Å². The minimum atomic E-state index is -3.08. The summed E-state index contributed by atoms with van der Waals surface area (Å²) in [6.45, 7) is 11.1. The number of anilines is 1. The zero-order chi connectivity index (χ0) is 21.4. The van der Waals surface area contributed by atoms with Crippen LogP contribution in [0.3, 0.4) is 0 Å². The van der Waals surface area contributed by atoms with Gasteiger partial charge in [0.25, 0.3) is 11.8 Å². The van der Waals surface area contributed by atoms with Gasteiger partial charge in [-0.1, -0.05) is 31.4 Å². The van der Waals surface area contributed by atoms with E-state index < -0.39 is 5.92 Å². The molecule has 0 aliphatic carbocycles. The molecule has 1 saturated heterocycles. The molecule has 0 unspecified atom stereocenters. The first-order valence-corrected chi connectivity index (χ1v) is 9.10.